The lowest BCUT2D eigenvalue weighted by atomic mass is 10.0. The molecule has 0 saturated carbocycles. The van der Waals surface area contributed by atoms with Crippen LogP contribution in [0.2, 0.25) is 0 Å². The number of hydrogen-bond acceptors (Lipinski definition) is 4. The van der Waals surface area contributed by atoms with E-state index in [9.17, 15) is 19.2 Å². The summed E-state index contributed by atoms with van der Waals surface area (Å²) >= 11 is 0. The maximum absolute atomic E-state index is 13.8. The molecule has 2 aromatic rings. The minimum Gasteiger partial charge on any atom is -0.342 e. The van der Waals surface area contributed by atoms with E-state index in [4.69, 9.17) is 0 Å². The summed E-state index contributed by atoms with van der Waals surface area (Å²) in [5, 5.41) is 2.90. The van der Waals surface area contributed by atoms with E-state index in [0.29, 0.717) is 32.4 Å². The number of carbonyl (C=O) groups excluding carboxylic acids is 4. The predicted molar refractivity (Wildman–Crippen MR) is 140 cm³/mol. The van der Waals surface area contributed by atoms with Crippen LogP contribution >= 0.6 is 0 Å². The van der Waals surface area contributed by atoms with Gasteiger partial charge in [-0.25, -0.2) is 0 Å². The molecule has 37 heavy (non-hydrogen) atoms. The number of benzene rings is 2. The molecule has 2 saturated heterocycles. The fourth-order valence-electron chi connectivity index (χ4n) is 5.10. The number of amides is 4. The van der Waals surface area contributed by atoms with E-state index >= 15 is 0 Å². The van der Waals surface area contributed by atoms with E-state index in [1.165, 1.54) is 4.90 Å². The molecule has 2 aliphatic rings. The maximum Gasteiger partial charge on any atom is 0.246 e. The van der Waals surface area contributed by atoms with Crippen LogP contribution in [0.1, 0.15) is 43.7 Å². The smallest absolute Gasteiger partial charge is 0.246 e. The normalized spacial score (nSPS) is 21.4. The van der Waals surface area contributed by atoms with Crippen LogP contribution in [-0.4, -0.2) is 76.6 Å². The highest BCUT2D eigenvalue weighted by Crippen LogP contribution is 2.22. The van der Waals surface area contributed by atoms with Crippen molar-refractivity contribution in [1.82, 2.24) is 20.0 Å². The van der Waals surface area contributed by atoms with Gasteiger partial charge < -0.3 is 20.0 Å². The van der Waals surface area contributed by atoms with Crippen LogP contribution in [0.3, 0.4) is 0 Å². The summed E-state index contributed by atoms with van der Waals surface area (Å²) in [6.45, 7) is 2.91. The molecule has 2 aliphatic heterocycles. The Balaban J connectivity index is 1.66. The molecule has 2 fully saturated rings. The summed E-state index contributed by atoms with van der Waals surface area (Å²) < 4.78 is 0. The average molecular weight is 505 g/mol. The molecule has 8 heteroatoms. The van der Waals surface area contributed by atoms with Gasteiger partial charge in [0.1, 0.15) is 12.1 Å². The molecular formula is C29H36N4O4. The molecule has 0 radical (unpaired) electrons. The van der Waals surface area contributed by atoms with Gasteiger partial charge in [0, 0.05) is 26.1 Å². The number of nitrogens with zero attached hydrogens (tertiary/aromatic N) is 3. The van der Waals surface area contributed by atoms with Crippen LogP contribution in [0.15, 0.2) is 60.7 Å². The molecule has 4 amide bonds. The van der Waals surface area contributed by atoms with Crippen molar-refractivity contribution in [2.75, 3.05) is 26.2 Å². The second-order valence-corrected chi connectivity index (χ2v) is 9.85. The molecule has 0 spiro atoms. The lowest BCUT2D eigenvalue weighted by Crippen LogP contribution is -2.57. The molecule has 0 aliphatic carbocycles. The largest absolute Gasteiger partial charge is 0.342 e. The zero-order chi connectivity index (χ0) is 26.2. The van der Waals surface area contributed by atoms with Crippen molar-refractivity contribution in [3.05, 3.63) is 71.8 Å². The van der Waals surface area contributed by atoms with Crippen molar-refractivity contribution < 1.29 is 19.2 Å². The first-order chi connectivity index (χ1) is 18.0. The molecule has 196 valence electrons. The predicted octanol–water partition coefficient (Wildman–Crippen LogP) is 2.38. The third kappa shape index (κ3) is 6.76. The summed E-state index contributed by atoms with van der Waals surface area (Å²) in [4.78, 5) is 58.9. The van der Waals surface area contributed by atoms with Gasteiger partial charge in [-0.15, -0.1) is 0 Å². The maximum atomic E-state index is 13.8. The van der Waals surface area contributed by atoms with Gasteiger partial charge in [0.2, 0.25) is 23.6 Å². The lowest BCUT2D eigenvalue weighted by Gasteiger charge is -2.34. The van der Waals surface area contributed by atoms with E-state index in [1.807, 2.05) is 67.6 Å². The molecule has 2 atom stereocenters. The highest BCUT2D eigenvalue weighted by molar-refractivity contribution is 5.95. The van der Waals surface area contributed by atoms with Crippen LogP contribution in [0.5, 0.6) is 0 Å². The second-order valence-electron chi connectivity index (χ2n) is 9.85. The zero-order valence-corrected chi connectivity index (χ0v) is 21.5. The van der Waals surface area contributed by atoms with E-state index in [1.54, 1.807) is 9.80 Å². The molecule has 0 unspecified atom stereocenters. The highest BCUT2D eigenvalue weighted by Gasteiger charge is 2.39. The molecule has 0 bridgehead atoms. The number of hydrogen-bond donors (Lipinski definition) is 1. The van der Waals surface area contributed by atoms with E-state index < -0.39 is 12.1 Å². The molecule has 2 heterocycles. The third-order valence-electron chi connectivity index (χ3n) is 7.06. The number of fused-ring (bicyclic) bond motifs is 1. The van der Waals surface area contributed by atoms with Crippen molar-refractivity contribution >= 4 is 23.6 Å². The first-order valence-corrected chi connectivity index (χ1v) is 13.2. The fourth-order valence-corrected chi connectivity index (χ4v) is 5.10. The molecule has 8 nitrogen and oxygen atoms in total. The molecule has 2 aromatic carbocycles. The standard InChI is InChI=1S/C29H36N4O4/c1-2-3-16-31-21-27(35)33-17-10-15-25(33)29(37)32(19-23-13-8-5-9-14-23)20-26(34)30-24(28(31)36)18-22-11-6-4-7-12-22/h4-9,11-14,24-25H,2-3,10,15-21H2,1H3,(H,30,34)/t24-,25+/m0/s1. The van der Waals surface area contributed by atoms with Crippen LogP contribution in [0, 0.1) is 0 Å². The van der Waals surface area contributed by atoms with Crippen LogP contribution < -0.4 is 5.32 Å². The topological polar surface area (TPSA) is 90.0 Å². The van der Waals surface area contributed by atoms with Crippen molar-refractivity contribution in [3.63, 3.8) is 0 Å². The van der Waals surface area contributed by atoms with E-state index in [-0.39, 0.29) is 43.3 Å². The van der Waals surface area contributed by atoms with Crippen molar-refractivity contribution in [2.45, 2.75) is 57.7 Å². The Morgan fingerprint density at radius 3 is 2.19 bits per heavy atom. The van der Waals surface area contributed by atoms with Crippen LogP contribution in [-0.2, 0) is 32.1 Å². The molecular weight excluding hydrogens is 468 g/mol. The number of carbonyl (C=O) groups is 4. The molecule has 4 rings (SSSR count). The highest BCUT2D eigenvalue weighted by atomic mass is 16.2. The third-order valence-corrected chi connectivity index (χ3v) is 7.06. The number of unbranched alkanes of at least 4 members (excludes halogenated alkanes) is 1. The average Bonchev–Trinajstić information content (AvgIpc) is 3.40. The summed E-state index contributed by atoms with van der Waals surface area (Å²) in [5.74, 6) is -1.09. The van der Waals surface area contributed by atoms with Gasteiger partial charge in [-0.2, -0.15) is 0 Å². The summed E-state index contributed by atoms with van der Waals surface area (Å²) in [7, 11) is 0. The summed E-state index contributed by atoms with van der Waals surface area (Å²) in [6, 6.07) is 17.6. The first-order valence-electron chi connectivity index (χ1n) is 13.2. The number of rotatable bonds is 7. The summed E-state index contributed by atoms with van der Waals surface area (Å²) in [6.07, 6.45) is 3.19. The minimum absolute atomic E-state index is 0.0948. The minimum atomic E-state index is -0.831. The Morgan fingerprint density at radius 2 is 1.51 bits per heavy atom. The second kappa shape index (κ2) is 12.5. The van der Waals surface area contributed by atoms with Crippen molar-refractivity contribution in [1.29, 1.82) is 0 Å². The number of nitrogens with one attached hydrogen (secondary N) is 1. The van der Waals surface area contributed by atoms with Gasteiger partial charge in [-0.1, -0.05) is 74.0 Å². The first kappa shape index (κ1) is 26.4. The van der Waals surface area contributed by atoms with Gasteiger partial charge in [-0.05, 0) is 30.4 Å². The van der Waals surface area contributed by atoms with Crippen molar-refractivity contribution in [3.8, 4) is 0 Å². The van der Waals surface area contributed by atoms with Crippen LogP contribution in [0.25, 0.3) is 0 Å². The van der Waals surface area contributed by atoms with Gasteiger partial charge in [-0.3, -0.25) is 19.2 Å². The Hall–Kier alpha value is -3.68. The Bertz CT molecular complexity index is 1090. The monoisotopic (exact) mass is 504 g/mol. The lowest BCUT2D eigenvalue weighted by molar-refractivity contribution is -0.150. The Morgan fingerprint density at radius 1 is 0.838 bits per heavy atom. The van der Waals surface area contributed by atoms with Gasteiger partial charge in [0.05, 0.1) is 13.1 Å². The van der Waals surface area contributed by atoms with Gasteiger partial charge in [0.15, 0.2) is 0 Å². The SMILES string of the molecule is CCCCN1CC(=O)N2CCC[C@@H]2C(=O)N(Cc2ccccc2)CC(=O)N[C@@H](Cc2ccccc2)C1=O. The summed E-state index contributed by atoms with van der Waals surface area (Å²) in [5.41, 5.74) is 1.81. The van der Waals surface area contributed by atoms with E-state index in [2.05, 4.69) is 5.32 Å². The van der Waals surface area contributed by atoms with Gasteiger partial charge >= 0.3 is 0 Å². The van der Waals surface area contributed by atoms with Crippen molar-refractivity contribution in [2.24, 2.45) is 0 Å². The zero-order valence-electron chi connectivity index (χ0n) is 21.5. The fraction of sp³-hybridized carbons (Fsp3) is 0.448. The Kier molecular flexibility index (Phi) is 8.93. The molecule has 0 aromatic heterocycles. The quantitative estimate of drug-likeness (QED) is 0.627. The van der Waals surface area contributed by atoms with Crippen LogP contribution in [0.4, 0.5) is 0 Å². The van der Waals surface area contributed by atoms with E-state index in [0.717, 1.165) is 24.0 Å². The Labute approximate surface area is 218 Å². The molecule has 1 N–H and O–H groups in total. The van der Waals surface area contributed by atoms with Gasteiger partial charge in [0.25, 0.3) is 0 Å².